The summed E-state index contributed by atoms with van der Waals surface area (Å²) in [6, 6.07) is 2.07. The Balaban J connectivity index is 2.31. The monoisotopic (exact) mass is 296 g/mol. The highest BCUT2D eigenvalue weighted by Gasteiger charge is 2.05. The zero-order chi connectivity index (χ0) is 14.8. The number of carbonyl (C=O) groups is 1. The largest absolute Gasteiger partial charge is 0.357 e. The van der Waals surface area contributed by atoms with Crippen molar-refractivity contribution in [3.05, 3.63) is 22.4 Å². The molecule has 6 heteroatoms. The van der Waals surface area contributed by atoms with Gasteiger partial charge in [0.2, 0.25) is 5.91 Å². The van der Waals surface area contributed by atoms with Crippen molar-refractivity contribution in [2.45, 2.75) is 27.3 Å². The van der Waals surface area contributed by atoms with Gasteiger partial charge in [0, 0.05) is 25.6 Å². The first-order valence-corrected chi connectivity index (χ1v) is 7.88. The molecule has 0 aliphatic heterocycles. The van der Waals surface area contributed by atoms with Crippen LogP contribution in [0.1, 0.15) is 26.3 Å². The quantitative estimate of drug-likeness (QED) is 0.406. The fourth-order valence-electron chi connectivity index (χ4n) is 1.47. The van der Waals surface area contributed by atoms with Crippen LogP contribution in [-0.4, -0.2) is 31.5 Å². The van der Waals surface area contributed by atoms with Crippen molar-refractivity contribution in [1.82, 2.24) is 16.0 Å². The van der Waals surface area contributed by atoms with Gasteiger partial charge in [-0.3, -0.25) is 4.79 Å². The zero-order valence-corrected chi connectivity index (χ0v) is 13.2. The molecule has 112 valence electrons. The molecule has 0 aromatic carbocycles. The molecule has 1 amide bonds. The first kappa shape index (κ1) is 16.5. The van der Waals surface area contributed by atoms with Crippen LogP contribution in [0.4, 0.5) is 0 Å². The second-order valence-corrected chi connectivity index (χ2v) is 5.48. The van der Waals surface area contributed by atoms with Gasteiger partial charge in [0.05, 0.1) is 6.54 Å². The van der Waals surface area contributed by atoms with Crippen molar-refractivity contribution in [2.24, 2.45) is 10.9 Å². The summed E-state index contributed by atoms with van der Waals surface area (Å²) in [6.07, 6.45) is 0. The van der Waals surface area contributed by atoms with Gasteiger partial charge in [-0.1, -0.05) is 13.8 Å². The molecule has 20 heavy (non-hydrogen) atoms. The summed E-state index contributed by atoms with van der Waals surface area (Å²) in [6.45, 7) is 8.53. The highest BCUT2D eigenvalue weighted by atomic mass is 32.1. The van der Waals surface area contributed by atoms with E-state index in [1.807, 2.05) is 26.2 Å². The van der Waals surface area contributed by atoms with Crippen LogP contribution in [0.2, 0.25) is 0 Å². The van der Waals surface area contributed by atoms with E-state index in [1.54, 1.807) is 11.3 Å². The lowest BCUT2D eigenvalue weighted by Gasteiger charge is -2.12. The van der Waals surface area contributed by atoms with E-state index in [-0.39, 0.29) is 11.8 Å². The van der Waals surface area contributed by atoms with E-state index in [4.69, 9.17) is 0 Å². The Labute approximate surface area is 124 Å². The number of amides is 1. The van der Waals surface area contributed by atoms with Gasteiger partial charge in [-0.2, -0.15) is 11.3 Å². The first-order valence-electron chi connectivity index (χ1n) is 6.94. The third-order valence-corrected chi connectivity index (χ3v) is 3.32. The molecule has 0 saturated heterocycles. The maximum atomic E-state index is 11.4. The normalized spacial score (nSPS) is 11.5. The highest BCUT2D eigenvalue weighted by molar-refractivity contribution is 7.07. The predicted molar refractivity (Wildman–Crippen MR) is 85.0 cm³/mol. The van der Waals surface area contributed by atoms with Crippen molar-refractivity contribution >= 4 is 23.2 Å². The summed E-state index contributed by atoms with van der Waals surface area (Å²) in [5.41, 5.74) is 1.21. The smallest absolute Gasteiger partial charge is 0.222 e. The third kappa shape index (κ3) is 6.56. The van der Waals surface area contributed by atoms with Gasteiger partial charge in [-0.25, -0.2) is 4.99 Å². The molecule has 0 saturated carbocycles. The fraction of sp³-hybridized carbons (Fsp3) is 0.571. The van der Waals surface area contributed by atoms with Gasteiger partial charge in [0.1, 0.15) is 0 Å². The SMILES string of the molecule is CCNC(=NCc1ccsc1)NCCNC(=O)C(C)C. The lowest BCUT2D eigenvalue weighted by molar-refractivity contribution is -0.123. The minimum absolute atomic E-state index is 0.0236. The lowest BCUT2D eigenvalue weighted by atomic mass is 10.2. The summed E-state index contributed by atoms with van der Waals surface area (Å²) in [5.74, 6) is 0.875. The number of thiophene rings is 1. The summed E-state index contributed by atoms with van der Waals surface area (Å²) < 4.78 is 0. The summed E-state index contributed by atoms with van der Waals surface area (Å²) in [5, 5.41) is 13.4. The Kier molecular flexibility index (Phi) is 7.72. The molecule has 0 unspecified atom stereocenters. The van der Waals surface area contributed by atoms with Crippen molar-refractivity contribution in [3.63, 3.8) is 0 Å². The van der Waals surface area contributed by atoms with E-state index < -0.39 is 0 Å². The lowest BCUT2D eigenvalue weighted by Crippen LogP contribution is -2.42. The van der Waals surface area contributed by atoms with Crippen LogP contribution in [0.15, 0.2) is 21.8 Å². The van der Waals surface area contributed by atoms with E-state index in [1.165, 1.54) is 5.56 Å². The molecule has 0 bridgehead atoms. The Bertz CT molecular complexity index is 415. The van der Waals surface area contributed by atoms with Crippen LogP contribution in [0, 0.1) is 5.92 Å². The molecular formula is C14H24N4OS. The number of hydrogen-bond donors (Lipinski definition) is 3. The van der Waals surface area contributed by atoms with Gasteiger partial charge in [-0.05, 0) is 29.3 Å². The Morgan fingerprint density at radius 3 is 2.65 bits per heavy atom. The van der Waals surface area contributed by atoms with Gasteiger partial charge >= 0.3 is 0 Å². The van der Waals surface area contributed by atoms with Crippen LogP contribution in [0.5, 0.6) is 0 Å². The molecule has 1 aromatic heterocycles. The fourth-order valence-corrected chi connectivity index (χ4v) is 2.13. The van der Waals surface area contributed by atoms with E-state index in [9.17, 15) is 4.79 Å². The van der Waals surface area contributed by atoms with Crippen LogP contribution in [0.3, 0.4) is 0 Å². The van der Waals surface area contributed by atoms with Crippen LogP contribution < -0.4 is 16.0 Å². The summed E-state index contributed by atoms with van der Waals surface area (Å²) >= 11 is 1.67. The van der Waals surface area contributed by atoms with Crippen LogP contribution in [0.25, 0.3) is 0 Å². The van der Waals surface area contributed by atoms with E-state index >= 15 is 0 Å². The van der Waals surface area contributed by atoms with Gasteiger partial charge in [0.15, 0.2) is 5.96 Å². The van der Waals surface area contributed by atoms with E-state index in [0.29, 0.717) is 19.6 Å². The topological polar surface area (TPSA) is 65.5 Å². The Morgan fingerprint density at radius 2 is 2.05 bits per heavy atom. The number of rotatable bonds is 7. The average molecular weight is 296 g/mol. The minimum Gasteiger partial charge on any atom is -0.357 e. The molecule has 0 atom stereocenters. The average Bonchev–Trinajstić information content (AvgIpc) is 2.93. The zero-order valence-electron chi connectivity index (χ0n) is 12.4. The van der Waals surface area contributed by atoms with Crippen molar-refractivity contribution in [3.8, 4) is 0 Å². The molecular weight excluding hydrogens is 272 g/mol. The molecule has 1 rings (SSSR count). The molecule has 0 aliphatic carbocycles. The van der Waals surface area contributed by atoms with Crippen LogP contribution >= 0.6 is 11.3 Å². The second kappa shape index (κ2) is 9.36. The molecule has 0 radical (unpaired) electrons. The van der Waals surface area contributed by atoms with Crippen molar-refractivity contribution in [1.29, 1.82) is 0 Å². The number of aliphatic imine (C=N–C) groups is 1. The Morgan fingerprint density at radius 1 is 1.30 bits per heavy atom. The van der Waals surface area contributed by atoms with E-state index in [2.05, 4.69) is 32.4 Å². The Hall–Kier alpha value is -1.56. The van der Waals surface area contributed by atoms with Crippen LogP contribution in [-0.2, 0) is 11.3 Å². The van der Waals surface area contributed by atoms with Crippen molar-refractivity contribution in [2.75, 3.05) is 19.6 Å². The number of nitrogens with one attached hydrogen (secondary N) is 3. The maximum absolute atomic E-state index is 11.4. The number of guanidine groups is 1. The van der Waals surface area contributed by atoms with Gasteiger partial charge < -0.3 is 16.0 Å². The maximum Gasteiger partial charge on any atom is 0.222 e. The van der Waals surface area contributed by atoms with Gasteiger partial charge in [-0.15, -0.1) is 0 Å². The molecule has 0 fully saturated rings. The number of carbonyl (C=O) groups excluding carboxylic acids is 1. The number of hydrogen-bond acceptors (Lipinski definition) is 3. The second-order valence-electron chi connectivity index (χ2n) is 4.70. The highest BCUT2D eigenvalue weighted by Crippen LogP contribution is 2.06. The third-order valence-electron chi connectivity index (χ3n) is 2.59. The molecule has 1 heterocycles. The molecule has 0 aliphatic rings. The van der Waals surface area contributed by atoms with E-state index in [0.717, 1.165) is 12.5 Å². The molecule has 3 N–H and O–H groups in total. The minimum atomic E-state index is 0.0236. The summed E-state index contributed by atoms with van der Waals surface area (Å²) in [7, 11) is 0. The number of nitrogens with zero attached hydrogens (tertiary/aromatic N) is 1. The van der Waals surface area contributed by atoms with Gasteiger partial charge in [0.25, 0.3) is 0 Å². The summed E-state index contributed by atoms with van der Waals surface area (Å²) in [4.78, 5) is 15.9. The standard InChI is InChI=1S/C14H24N4OS/c1-4-15-14(18-9-12-5-8-20-10-12)17-7-6-16-13(19)11(2)3/h5,8,10-11H,4,6-7,9H2,1-3H3,(H,16,19)(H2,15,17,18). The molecule has 0 spiro atoms. The molecule has 5 nitrogen and oxygen atoms in total. The van der Waals surface area contributed by atoms with Crippen molar-refractivity contribution < 1.29 is 4.79 Å². The molecule has 1 aromatic rings. The predicted octanol–water partition coefficient (Wildman–Crippen LogP) is 1.58. The first-order chi connectivity index (χ1) is 9.63.